The number of benzene rings is 1. The average Bonchev–Trinajstić information content (AvgIpc) is 3.49. The summed E-state index contributed by atoms with van der Waals surface area (Å²) < 4.78 is 16.2. The molecule has 1 atom stereocenters. The van der Waals surface area contributed by atoms with Crippen LogP contribution >= 0.6 is 0 Å². The number of morpholine rings is 1. The number of rotatable bonds is 8. The van der Waals surface area contributed by atoms with E-state index in [2.05, 4.69) is 27.2 Å². The molecule has 2 aliphatic rings. The smallest absolute Gasteiger partial charge is 0.194 e. The molecule has 1 unspecified atom stereocenters. The van der Waals surface area contributed by atoms with Crippen molar-refractivity contribution >= 4 is 5.96 Å². The van der Waals surface area contributed by atoms with Gasteiger partial charge in [0.15, 0.2) is 5.96 Å². The van der Waals surface area contributed by atoms with E-state index in [1.54, 1.807) is 13.4 Å². The third-order valence-corrected chi connectivity index (χ3v) is 6.01. The average molecular weight is 427 g/mol. The highest BCUT2D eigenvalue weighted by Crippen LogP contribution is 2.19. The van der Waals surface area contributed by atoms with Crippen molar-refractivity contribution in [2.75, 3.05) is 59.6 Å². The highest BCUT2D eigenvalue weighted by Gasteiger charge is 2.27. The lowest BCUT2D eigenvalue weighted by molar-refractivity contribution is 0.0315. The van der Waals surface area contributed by atoms with Gasteiger partial charge in [-0.25, -0.2) is 4.99 Å². The molecule has 7 heteroatoms. The van der Waals surface area contributed by atoms with Gasteiger partial charge < -0.3 is 24.1 Å². The molecule has 0 aliphatic carbocycles. The van der Waals surface area contributed by atoms with Crippen molar-refractivity contribution in [3.05, 3.63) is 54.0 Å². The normalized spacial score (nSPS) is 20.2. The molecule has 0 amide bonds. The molecule has 3 heterocycles. The van der Waals surface area contributed by atoms with Crippen molar-refractivity contribution in [3.63, 3.8) is 0 Å². The maximum Gasteiger partial charge on any atom is 0.194 e. The zero-order valence-corrected chi connectivity index (χ0v) is 18.5. The maximum absolute atomic E-state index is 5.49. The largest absolute Gasteiger partial charge is 0.497 e. The van der Waals surface area contributed by atoms with Crippen LogP contribution in [0.5, 0.6) is 5.75 Å². The molecule has 0 spiro atoms. The van der Waals surface area contributed by atoms with E-state index in [0.29, 0.717) is 12.5 Å². The molecule has 0 saturated carbocycles. The number of hydrogen-bond acceptors (Lipinski definition) is 5. The monoisotopic (exact) mass is 426 g/mol. The summed E-state index contributed by atoms with van der Waals surface area (Å²) in [7, 11) is 1.69. The Balaban J connectivity index is 1.36. The fourth-order valence-corrected chi connectivity index (χ4v) is 4.24. The van der Waals surface area contributed by atoms with Crippen LogP contribution in [0, 0.1) is 5.92 Å². The van der Waals surface area contributed by atoms with Crippen molar-refractivity contribution in [2.45, 2.75) is 19.4 Å². The van der Waals surface area contributed by atoms with E-state index in [-0.39, 0.29) is 0 Å². The molecule has 168 valence electrons. The lowest BCUT2D eigenvalue weighted by Crippen LogP contribution is -2.43. The molecule has 1 aromatic heterocycles. The van der Waals surface area contributed by atoms with Gasteiger partial charge in [-0.15, -0.1) is 0 Å². The first kappa shape index (κ1) is 21.7. The Morgan fingerprint density at radius 3 is 2.74 bits per heavy atom. The number of likely N-dealkylation sites (tertiary alicyclic amines) is 1. The molecule has 2 aromatic rings. The van der Waals surface area contributed by atoms with Gasteiger partial charge in [0, 0.05) is 45.7 Å². The first-order valence-corrected chi connectivity index (χ1v) is 11.3. The van der Waals surface area contributed by atoms with Gasteiger partial charge >= 0.3 is 0 Å². The van der Waals surface area contributed by atoms with Gasteiger partial charge in [-0.05, 0) is 42.2 Å². The Morgan fingerprint density at radius 2 is 2.00 bits per heavy atom. The Morgan fingerprint density at radius 1 is 1.16 bits per heavy atom. The molecule has 4 rings (SSSR count). The van der Waals surface area contributed by atoms with E-state index in [1.807, 2.05) is 24.3 Å². The molecule has 0 bridgehead atoms. The number of nitrogens with zero attached hydrogens (tertiary/aromatic N) is 3. The van der Waals surface area contributed by atoms with E-state index >= 15 is 0 Å². The molecule has 1 aromatic carbocycles. The quantitative estimate of drug-likeness (QED) is 0.517. The predicted octanol–water partition coefficient (Wildman–Crippen LogP) is 2.63. The van der Waals surface area contributed by atoms with Crippen LogP contribution in [-0.2, 0) is 17.7 Å². The van der Waals surface area contributed by atoms with Crippen LogP contribution in [0.4, 0.5) is 0 Å². The number of aliphatic imine (C=N–C) groups is 1. The molecular weight excluding hydrogens is 392 g/mol. The Labute approximate surface area is 185 Å². The van der Waals surface area contributed by atoms with Crippen LogP contribution in [0.15, 0.2) is 52.1 Å². The summed E-state index contributed by atoms with van der Waals surface area (Å²) in [5, 5.41) is 3.57. The highest BCUT2D eigenvalue weighted by atomic mass is 16.5. The number of hydrogen-bond donors (Lipinski definition) is 1. The zero-order chi connectivity index (χ0) is 21.3. The van der Waals surface area contributed by atoms with E-state index < -0.39 is 0 Å². The molecule has 7 nitrogen and oxygen atoms in total. The summed E-state index contributed by atoms with van der Waals surface area (Å²) in [6.07, 6.45) is 3.78. The lowest BCUT2D eigenvalue weighted by atomic mass is 10.1. The van der Waals surface area contributed by atoms with E-state index in [4.69, 9.17) is 18.9 Å². The standard InChI is InChI=1S/C24H34N4O3/c1-29-22-6-4-20(5-7-22)17-26-24(25-10-8-23-3-2-14-31-23)28-11-9-21(19-28)18-27-12-15-30-16-13-27/h2-7,14,21H,8-13,15-19H2,1H3,(H,25,26). The summed E-state index contributed by atoms with van der Waals surface area (Å²) in [5.41, 5.74) is 1.18. The Bertz CT molecular complexity index is 801. The van der Waals surface area contributed by atoms with Gasteiger partial charge in [-0.1, -0.05) is 12.1 Å². The van der Waals surface area contributed by atoms with Crippen LogP contribution in [0.25, 0.3) is 0 Å². The van der Waals surface area contributed by atoms with Gasteiger partial charge in [0.05, 0.1) is 33.1 Å². The molecule has 2 aliphatic heterocycles. The first-order chi connectivity index (χ1) is 15.3. The lowest BCUT2D eigenvalue weighted by Gasteiger charge is -2.29. The van der Waals surface area contributed by atoms with Crippen molar-refractivity contribution in [3.8, 4) is 5.75 Å². The van der Waals surface area contributed by atoms with Crippen LogP contribution in [-0.4, -0.2) is 75.4 Å². The third kappa shape index (κ3) is 6.48. The SMILES string of the molecule is COc1ccc(CN=C(NCCc2ccco2)N2CCC(CN3CCOCC3)C2)cc1. The minimum absolute atomic E-state index is 0.651. The van der Waals surface area contributed by atoms with Gasteiger partial charge in [0.1, 0.15) is 11.5 Å². The van der Waals surface area contributed by atoms with Crippen molar-refractivity contribution in [1.82, 2.24) is 15.1 Å². The topological polar surface area (TPSA) is 62.5 Å². The zero-order valence-electron chi connectivity index (χ0n) is 18.5. The number of furan rings is 1. The van der Waals surface area contributed by atoms with Crippen molar-refractivity contribution in [2.24, 2.45) is 10.9 Å². The highest BCUT2D eigenvalue weighted by molar-refractivity contribution is 5.80. The molecule has 2 fully saturated rings. The van der Waals surface area contributed by atoms with Gasteiger partial charge in [-0.3, -0.25) is 4.90 Å². The fraction of sp³-hybridized carbons (Fsp3) is 0.542. The van der Waals surface area contributed by atoms with E-state index in [0.717, 1.165) is 76.4 Å². The molecule has 31 heavy (non-hydrogen) atoms. The molecular formula is C24H34N4O3. The Hall–Kier alpha value is -2.51. The van der Waals surface area contributed by atoms with Gasteiger partial charge in [0.25, 0.3) is 0 Å². The molecule has 1 N–H and O–H groups in total. The first-order valence-electron chi connectivity index (χ1n) is 11.3. The minimum atomic E-state index is 0.651. The van der Waals surface area contributed by atoms with E-state index in [9.17, 15) is 0 Å². The number of ether oxygens (including phenoxy) is 2. The Kier molecular flexibility index (Phi) is 7.85. The fourth-order valence-electron chi connectivity index (χ4n) is 4.24. The van der Waals surface area contributed by atoms with Crippen LogP contribution in [0.1, 0.15) is 17.7 Å². The predicted molar refractivity (Wildman–Crippen MR) is 121 cm³/mol. The summed E-state index contributed by atoms with van der Waals surface area (Å²) in [6.45, 7) is 8.53. The number of nitrogens with one attached hydrogen (secondary N) is 1. The minimum Gasteiger partial charge on any atom is -0.497 e. The second kappa shape index (κ2) is 11.2. The number of guanidine groups is 1. The van der Waals surface area contributed by atoms with Gasteiger partial charge in [0.2, 0.25) is 0 Å². The summed E-state index contributed by atoms with van der Waals surface area (Å²) >= 11 is 0. The number of methoxy groups -OCH3 is 1. The van der Waals surface area contributed by atoms with E-state index in [1.165, 1.54) is 12.0 Å². The molecule has 0 radical (unpaired) electrons. The van der Waals surface area contributed by atoms with Gasteiger partial charge in [-0.2, -0.15) is 0 Å². The summed E-state index contributed by atoms with van der Waals surface area (Å²) in [5.74, 6) is 3.53. The van der Waals surface area contributed by atoms with Crippen LogP contribution < -0.4 is 10.1 Å². The second-order valence-corrected chi connectivity index (χ2v) is 8.26. The second-order valence-electron chi connectivity index (χ2n) is 8.26. The third-order valence-electron chi connectivity index (χ3n) is 6.01. The van der Waals surface area contributed by atoms with Crippen molar-refractivity contribution in [1.29, 1.82) is 0 Å². The van der Waals surface area contributed by atoms with Crippen LogP contribution in [0.2, 0.25) is 0 Å². The summed E-state index contributed by atoms with van der Waals surface area (Å²) in [4.78, 5) is 9.91. The summed E-state index contributed by atoms with van der Waals surface area (Å²) in [6, 6.07) is 12.1. The maximum atomic E-state index is 5.49. The van der Waals surface area contributed by atoms with Crippen LogP contribution in [0.3, 0.4) is 0 Å². The van der Waals surface area contributed by atoms with Crippen molar-refractivity contribution < 1.29 is 13.9 Å². The molecule has 2 saturated heterocycles.